The lowest BCUT2D eigenvalue weighted by Crippen LogP contribution is -2.26. The Hall–Kier alpha value is -2.95. The first kappa shape index (κ1) is 15.9. The topological polar surface area (TPSA) is 46.9 Å². The fourth-order valence-electron chi connectivity index (χ4n) is 2.49. The summed E-state index contributed by atoms with van der Waals surface area (Å²) in [5, 5.41) is 2.80. The molecule has 3 rings (SSSR count). The van der Waals surface area contributed by atoms with Crippen LogP contribution in [0.5, 0.6) is 0 Å². The van der Waals surface area contributed by atoms with Crippen LogP contribution in [-0.4, -0.2) is 15.5 Å². The van der Waals surface area contributed by atoms with Gasteiger partial charge in [0.15, 0.2) is 0 Å². The summed E-state index contributed by atoms with van der Waals surface area (Å²) >= 11 is 0. The van der Waals surface area contributed by atoms with Gasteiger partial charge in [0.25, 0.3) is 0 Å². The Bertz CT molecular complexity index is 814. The van der Waals surface area contributed by atoms with Crippen LogP contribution in [0.2, 0.25) is 0 Å². The highest BCUT2D eigenvalue weighted by molar-refractivity contribution is 5.78. The number of halogens is 1. The van der Waals surface area contributed by atoms with Crippen LogP contribution in [-0.2, 0) is 24.3 Å². The quantitative estimate of drug-likeness (QED) is 0.758. The average molecular weight is 323 g/mol. The number of amides is 1. The minimum Gasteiger partial charge on any atom is -0.349 e. The highest BCUT2D eigenvalue weighted by Crippen LogP contribution is 2.08. The fraction of sp³-hybridized carbons (Fsp3) is 0.158. The van der Waals surface area contributed by atoms with Gasteiger partial charge in [0, 0.05) is 18.9 Å². The summed E-state index contributed by atoms with van der Waals surface area (Å²) in [6.45, 7) is 1.01. The molecular formula is C19H18FN3O. The van der Waals surface area contributed by atoms with Crippen LogP contribution < -0.4 is 5.32 Å². The summed E-state index contributed by atoms with van der Waals surface area (Å²) in [7, 11) is 0. The maximum Gasteiger partial charge on any atom is 0.224 e. The van der Waals surface area contributed by atoms with Gasteiger partial charge in [0.2, 0.25) is 5.91 Å². The summed E-state index contributed by atoms with van der Waals surface area (Å²) in [6.07, 6.45) is 3.61. The Labute approximate surface area is 140 Å². The van der Waals surface area contributed by atoms with Gasteiger partial charge in [-0.2, -0.15) is 0 Å². The van der Waals surface area contributed by atoms with E-state index in [2.05, 4.69) is 10.3 Å². The zero-order chi connectivity index (χ0) is 16.8. The minimum atomic E-state index is -0.363. The van der Waals surface area contributed by atoms with E-state index >= 15 is 0 Å². The van der Waals surface area contributed by atoms with Crippen molar-refractivity contribution in [2.75, 3.05) is 0 Å². The van der Waals surface area contributed by atoms with E-state index in [9.17, 15) is 9.18 Å². The molecule has 3 aromatic rings. The second kappa shape index (κ2) is 7.55. The van der Waals surface area contributed by atoms with E-state index in [0.717, 1.165) is 11.4 Å². The first-order valence-electron chi connectivity index (χ1n) is 7.76. The summed E-state index contributed by atoms with van der Waals surface area (Å²) in [6, 6.07) is 16.3. The second-order valence-corrected chi connectivity index (χ2v) is 5.50. The molecule has 1 aromatic heterocycles. The number of hydrogen-bond donors (Lipinski definition) is 1. The molecule has 0 fully saturated rings. The molecule has 0 atom stereocenters. The number of nitrogens with one attached hydrogen (secondary N) is 1. The van der Waals surface area contributed by atoms with Crippen molar-refractivity contribution >= 4 is 5.91 Å². The van der Waals surface area contributed by atoms with Crippen LogP contribution >= 0.6 is 0 Å². The van der Waals surface area contributed by atoms with Crippen molar-refractivity contribution in [3.05, 3.63) is 89.8 Å². The van der Waals surface area contributed by atoms with Gasteiger partial charge in [-0.15, -0.1) is 0 Å². The lowest BCUT2D eigenvalue weighted by Gasteiger charge is -2.09. The van der Waals surface area contributed by atoms with Gasteiger partial charge in [-0.25, -0.2) is 9.37 Å². The zero-order valence-corrected chi connectivity index (χ0v) is 13.2. The van der Waals surface area contributed by atoms with Crippen molar-refractivity contribution in [3.63, 3.8) is 0 Å². The molecule has 0 saturated heterocycles. The van der Waals surface area contributed by atoms with Crippen molar-refractivity contribution in [1.82, 2.24) is 14.9 Å². The van der Waals surface area contributed by atoms with E-state index in [1.807, 2.05) is 41.1 Å². The van der Waals surface area contributed by atoms with Gasteiger partial charge < -0.3 is 9.88 Å². The van der Waals surface area contributed by atoms with Crippen LogP contribution in [0.4, 0.5) is 4.39 Å². The summed E-state index contributed by atoms with van der Waals surface area (Å²) < 4.78 is 15.6. The van der Waals surface area contributed by atoms with Crippen molar-refractivity contribution in [2.45, 2.75) is 19.5 Å². The third-order valence-corrected chi connectivity index (χ3v) is 3.75. The monoisotopic (exact) mass is 323 g/mol. The molecule has 0 saturated carbocycles. The highest BCUT2D eigenvalue weighted by Gasteiger charge is 2.09. The average Bonchev–Trinajstić information content (AvgIpc) is 3.03. The Morgan fingerprint density at radius 2 is 1.83 bits per heavy atom. The first-order valence-corrected chi connectivity index (χ1v) is 7.76. The number of aromatic nitrogens is 2. The predicted octanol–water partition coefficient (Wildman–Crippen LogP) is 2.93. The summed E-state index contributed by atoms with van der Waals surface area (Å²) in [5.41, 5.74) is 1.55. The molecule has 24 heavy (non-hydrogen) atoms. The van der Waals surface area contributed by atoms with Crippen molar-refractivity contribution < 1.29 is 9.18 Å². The van der Waals surface area contributed by atoms with Gasteiger partial charge in [0.05, 0.1) is 13.0 Å². The number of benzene rings is 2. The van der Waals surface area contributed by atoms with Crippen molar-refractivity contribution in [1.29, 1.82) is 0 Å². The smallest absolute Gasteiger partial charge is 0.224 e. The number of hydrogen-bond acceptors (Lipinski definition) is 2. The largest absolute Gasteiger partial charge is 0.349 e. The van der Waals surface area contributed by atoms with Crippen LogP contribution in [0.1, 0.15) is 17.0 Å². The van der Waals surface area contributed by atoms with Gasteiger partial charge in [-0.1, -0.05) is 48.5 Å². The molecule has 0 bridgehead atoms. The molecular weight excluding hydrogens is 305 g/mol. The van der Waals surface area contributed by atoms with E-state index in [1.54, 1.807) is 24.4 Å². The summed E-state index contributed by atoms with van der Waals surface area (Å²) in [5.74, 6) is 0.174. The molecule has 0 unspecified atom stereocenters. The molecule has 2 aromatic carbocycles. The molecule has 4 nitrogen and oxygen atoms in total. The molecule has 0 aliphatic rings. The lowest BCUT2D eigenvalue weighted by atomic mass is 10.1. The third kappa shape index (κ3) is 4.07. The molecule has 122 valence electrons. The molecule has 5 heteroatoms. The molecule has 1 N–H and O–H groups in total. The van der Waals surface area contributed by atoms with Crippen LogP contribution in [0, 0.1) is 5.82 Å². The van der Waals surface area contributed by atoms with Crippen molar-refractivity contribution in [2.24, 2.45) is 0 Å². The number of carbonyl (C=O) groups excluding carboxylic acids is 1. The fourth-order valence-corrected chi connectivity index (χ4v) is 2.49. The minimum absolute atomic E-state index is 0.0199. The Morgan fingerprint density at radius 1 is 1.08 bits per heavy atom. The first-order chi connectivity index (χ1) is 11.7. The van der Waals surface area contributed by atoms with Crippen molar-refractivity contribution in [3.8, 4) is 0 Å². The van der Waals surface area contributed by atoms with Gasteiger partial charge in [-0.3, -0.25) is 4.79 Å². The van der Waals surface area contributed by atoms with E-state index in [-0.39, 0.29) is 18.1 Å². The molecule has 0 spiro atoms. The molecule has 0 aliphatic carbocycles. The Balaban J connectivity index is 1.58. The summed E-state index contributed by atoms with van der Waals surface area (Å²) in [4.78, 5) is 16.3. The van der Waals surface area contributed by atoms with E-state index in [0.29, 0.717) is 18.7 Å². The predicted molar refractivity (Wildman–Crippen MR) is 89.7 cm³/mol. The zero-order valence-electron chi connectivity index (χ0n) is 13.2. The normalized spacial score (nSPS) is 10.5. The molecule has 1 amide bonds. The SMILES string of the molecule is O=C(Cc1ccccc1F)NCc1nccn1Cc1ccccc1. The third-order valence-electron chi connectivity index (χ3n) is 3.75. The lowest BCUT2D eigenvalue weighted by molar-refractivity contribution is -0.120. The van der Waals surface area contributed by atoms with Gasteiger partial charge in [-0.05, 0) is 17.2 Å². The molecule has 0 radical (unpaired) electrons. The molecule has 0 aliphatic heterocycles. The maximum atomic E-state index is 13.6. The van der Waals surface area contributed by atoms with E-state index < -0.39 is 0 Å². The number of nitrogens with zero attached hydrogens (tertiary/aromatic N) is 2. The maximum absolute atomic E-state index is 13.6. The van der Waals surface area contributed by atoms with Crippen LogP contribution in [0.25, 0.3) is 0 Å². The highest BCUT2D eigenvalue weighted by atomic mass is 19.1. The second-order valence-electron chi connectivity index (χ2n) is 5.50. The van der Waals surface area contributed by atoms with E-state index in [4.69, 9.17) is 0 Å². The molecule has 1 heterocycles. The van der Waals surface area contributed by atoms with Crippen LogP contribution in [0.3, 0.4) is 0 Å². The Kier molecular flexibility index (Phi) is 5.01. The number of rotatable bonds is 6. The Morgan fingerprint density at radius 3 is 2.62 bits per heavy atom. The van der Waals surface area contributed by atoms with Gasteiger partial charge in [0.1, 0.15) is 11.6 Å². The van der Waals surface area contributed by atoms with E-state index in [1.165, 1.54) is 6.07 Å². The van der Waals surface area contributed by atoms with Crippen LogP contribution in [0.15, 0.2) is 67.0 Å². The van der Waals surface area contributed by atoms with Gasteiger partial charge >= 0.3 is 0 Å². The number of imidazole rings is 1. The standard InChI is InChI=1S/C19H18FN3O/c20-17-9-5-4-8-16(17)12-19(24)22-13-18-21-10-11-23(18)14-15-6-2-1-3-7-15/h1-11H,12-14H2,(H,22,24). The number of carbonyl (C=O) groups is 1.